The third-order valence-electron chi connectivity index (χ3n) is 3.52. The van der Waals surface area contributed by atoms with Crippen LogP contribution in [-0.4, -0.2) is 34.3 Å². The summed E-state index contributed by atoms with van der Waals surface area (Å²) in [5.74, 6) is 0.947. The van der Waals surface area contributed by atoms with Gasteiger partial charge in [-0.3, -0.25) is 0 Å². The Morgan fingerprint density at radius 2 is 2.00 bits per heavy atom. The Morgan fingerprint density at radius 3 is 2.48 bits per heavy atom. The fourth-order valence-corrected chi connectivity index (χ4v) is 3.89. The van der Waals surface area contributed by atoms with E-state index in [1.54, 1.807) is 6.07 Å². The minimum atomic E-state index is -1.26. The molecule has 0 radical (unpaired) electrons. The molecule has 0 aliphatic heterocycles. The maximum absolute atomic E-state index is 11.4. The van der Waals surface area contributed by atoms with Crippen molar-refractivity contribution in [2.45, 2.75) is 30.6 Å². The number of nitro groups is 1. The summed E-state index contributed by atoms with van der Waals surface area (Å²) >= 11 is -1.26. The number of carbonyl (C=O) groups excluding carboxylic acids is 1. The van der Waals surface area contributed by atoms with E-state index >= 15 is 0 Å². The molecule has 0 fully saturated rings. The van der Waals surface area contributed by atoms with E-state index in [4.69, 9.17) is 9.47 Å². The van der Waals surface area contributed by atoms with Crippen molar-refractivity contribution in [1.29, 1.82) is 0 Å². The number of methoxy groups -OCH3 is 1. The monoisotopic (exact) mass is 437 g/mol. The molecule has 0 saturated carbocycles. The van der Waals surface area contributed by atoms with Gasteiger partial charge < -0.3 is 0 Å². The van der Waals surface area contributed by atoms with Crippen LogP contribution in [0.1, 0.15) is 36.2 Å². The summed E-state index contributed by atoms with van der Waals surface area (Å²) < 4.78 is 11.1. The molecule has 130 valence electrons. The molecule has 0 N–H and O–H groups in total. The second-order valence-corrected chi connectivity index (χ2v) is 11.9. The van der Waals surface area contributed by atoms with E-state index in [1.807, 2.05) is 6.92 Å². The van der Waals surface area contributed by atoms with Crippen molar-refractivity contribution in [2.75, 3.05) is 23.6 Å². The Hall–Kier alpha value is -1.38. The number of Topliss-reactive ketones (excluding diaryl/α,β-unsaturated/α-hetero) is 1. The van der Waals surface area contributed by atoms with Gasteiger partial charge in [0.1, 0.15) is 0 Å². The van der Waals surface area contributed by atoms with Gasteiger partial charge in [0.05, 0.1) is 0 Å². The van der Waals surface area contributed by atoms with Crippen molar-refractivity contribution in [1.82, 2.24) is 0 Å². The van der Waals surface area contributed by atoms with Crippen molar-refractivity contribution >= 4 is 31.3 Å². The molecule has 0 aliphatic rings. The molecule has 1 aromatic carbocycles. The van der Waals surface area contributed by atoms with Crippen LogP contribution in [0.15, 0.2) is 12.1 Å². The van der Waals surface area contributed by atoms with Gasteiger partial charge in [-0.2, -0.15) is 0 Å². The molecule has 0 aromatic heterocycles. The van der Waals surface area contributed by atoms with Gasteiger partial charge in [-0.1, -0.05) is 0 Å². The number of ketones is 1. The van der Waals surface area contributed by atoms with Gasteiger partial charge >= 0.3 is 144 Å². The predicted octanol–water partition coefficient (Wildman–Crippen LogP) is 4.18. The normalized spacial score (nSPS) is 12.5. The van der Waals surface area contributed by atoms with E-state index < -0.39 is 19.8 Å². The summed E-state index contributed by atoms with van der Waals surface area (Å²) in [6, 6.07) is 3.17. The summed E-state index contributed by atoms with van der Waals surface area (Å²) in [5, 5.41) is 11.4. The van der Waals surface area contributed by atoms with Crippen molar-refractivity contribution < 1.29 is 19.2 Å². The molecule has 0 amide bonds. The molecular weight excluding hydrogens is 413 g/mol. The first-order valence-electron chi connectivity index (χ1n) is 7.25. The van der Waals surface area contributed by atoms with E-state index in [-0.39, 0.29) is 20.3 Å². The van der Waals surface area contributed by atoms with Crippen LogP contribution in [0.5, 0.6) is 11.5 Å². The second-order valence-electron chi connectivity index (χ2n) is 5.40. The van der Waals surface area contributed by atoms with E-state index in [9.17, 15) is 14.9 Å². The fourth-order valence-electron chi connectivity index (χ4n) is 2.05. The summed E-state index contributed by atoms with van der Waals surface area (Å²) in [7, 11) is 1.52. The third kappa shape index (κ3) is 5.63. The zero-order valence-electron chi connectivity index (χ0n) is 14.2. The number of hydrogen-bond donors (Lipinski definition) is 0. The van der Waals surface area contributed by atoms with Gasteiger partial charge in [-0.05, 0) is 0 Å². The number of halogens is 1. The van der Waals surface area contributed by atoms with Crippen LogP contribution in [0.4, 0.5) is 5.69 Å². The number of hydrogen-bond acceptors (Lipinski definition) is 5. The zero-order chi connectivity index (χ0) is 17.6. The number of rotatable bonds is 9. The molecule has 0 spiro atoms. The van der Waals surface area contributed by atoms with E-state index in [0.29, 0.717) is 36.5 Å². The predicted molar refractivity (Wildman–Crippen MR) is 99.3 cm³/mol. The fraction of sp³-hybridized carbons (Fsp3) is 0.562. The Morgan fingerprint density at radius 1 is 1.35 bits per heavy atom. The number of alkyl halides is 3. The number of carbonyl (C=O) groups is 1. The quantitative estimate of drug-likeness (QED) is 0.191. The molecule has 1 atom stereocenters. The van der Waals surface area contributed by atoms with Gasteiger partial charge in [0, 0.05) is 0 Å². The van der Waals surface area contributed by atoms with Crippen LogP contribution in [0.2, 0.25) is 0 Å². The van der Waals surface area contributed by atoms with Gasteiger partial charge in [-0.25, -0.2) is 0 Å². The number of benzene rings is 1. The van der Waals surface area contributed by atoms with E-state index in [0.717, 1.165) is 0 Å². The first-order valence-corrected chi connectivity index (χ1v) is 12.8. The van der Waals surface area contributed by atoms with Crippen molar-refractivity contribution in [3.63, 3.8) is 0 Å². The summed E-state index contributed by atoms with van der Waals surface area (Å²) in [6.07, 6.45) is 1.00. The third-order valence-corrected chi connectivity index (χ3v) is 7.93. The molecular formula is C16H24INO5. The van der Waals surface area contributed by atoms with Crippen molar-refractivity contribution in [3.8, 4) is 11.5 Å². The number of ether oxygens (including phenoxy) is 2. The molecule has 0 saturated heterocycles. The maximum atomic E-state index is 11.4. The van der Waals surface area contributed by atoms with Crippen LogP contribution >= 0.6 is 19.8 Å². The molecule has 7 heteroatoms. The van der Waals surface area contributed by atoms with Crippen LogP contribution in [-0.2, 0) is 4.79 Å². The van der Waals surface area contributed by atoms with Crippen LogP contribution in [0.25, 0.3) is 0 Å². The standard InChI is InChI=1S/C16H24INO5/c1-11(19)7-6-8-23-16-10-14(18(20)21)13(9-15(16)22-5)12(2)17(3)4/h9-10,12H,6-8H2,1-5H3. The Labute approximate surface area is 144 Å². The summed E-state index contributed by atoms with van der Waals surface area (Å²) in [5.41, 5.74) is 0.781. The average molecular weight is 437 g/mol. The number of nitro benzene ring substituents is 1. The van der Waals surface area contributed by atoms with Crippen LogP contribution < -0.4 is 9.47 Å². The number of nitrogens with zero attached hydrogens (tertiary/aromatic N) is 1. The Bertz CT molecular complexity index is 574. The second kappa shape index (κ2) is 9.05. The van der Waals surface area contributed by atoms with Crippen molar-refractivity contribution in [2.24, 2.45) is 0 Å². The Kier molecular flexibility index (Phi) is 7.74. The van der Waals surface area contributed by atoms with Crippen LogP contribution in [0.3, 0.4) is 0 Å². The Balaban J connectivity index is 3.09. The summed E-state index contributed by atoms with van der Waals surface area (Å²) in [6.45, 7) is 3.87. The first-order chi connectivity index (χ1) is 10.8. The van der Waals surface area contributed by atoms with Crippen molar-refractivity contribution in [3.05, 3.63) is 27.8 Å². The molecule has 1 aromatic rings. The van der Waals surface area contributed by atoms with E-state index in [2.05, 4.69) is 9.86 Å². The molecule has 0 aliphatic carbocycles. The minimum absolute atomic E-state index is 0.0749. The molecule has 6 nitrogen and oxygen atoms in total. The van der Waals surface area contributed by atoms with Gasteiger partial charge in [0.25, 0.3) is 0 Å². The molecule has 1 unspecified atom stereocenters. The van der Waals surface area contributed by atoms with Gasteiger partial charge in [-0.15, -0.1) is 0 Å². The van der Waals surface area contributed by atoms with Gasteiger partial charge in [0.2, 0.25) is 0 Å². The van der Waals surface area contributed by atoms with Gasteiger partial charge in [0.15, 0.2) is 0 Å². The average Bonchev–Trinajstić information content (AvgIpc) is 2.49. The zero-order valence-corrected chi connectivity index (χ0v) is 16.4. The topological polar surface area (TPSA) is 78.7 Å². The molecule has 23 heavy (non-hydrogen) atoms. The first kappa shape index (κ1) is 19.7. The summed E-state index contributed by atoms with van der Waals surface area (Å²) in [4.78, 5) is 26.3. The van der Waals surface area contributed by atoms with Crippen LogP contribution in [0, 0.1) is 10.1 Å². The molecule has 1 rings (SSSR count). The van der Waals surface area contributed by atoms with E-state index in [1.165, 1.54) is 20.1 Å². The molecule has 0 heterocycles. The molecule has 0 bridgehead atoms. The SMILES string of the molecule is COc1cc(C(C)I(C)C)c([N+](=O)[O-])cc1OCCCC(C)=O.